The Balaban J connectivity index is 1.64. The van der Waals surface area contributed by atoms with Crippen LogP contribution in [0.2, 0.25) is 0 Å². The molecule has 2 N–H and O–H groups in total. The number of fused-ring (bicyclic) bond motifs is 4. The average Bonchev–Trinajstić information content (AvgIpc) is 3.22. The van der Waals surface area contributed by atoms with Crippen LogP contribution < -0.4 is 4.74 Å². The highest BCUT2D eigenvalue weighted by Crippen LogP contribution is 2.66. The smallest absolute Gasteiger partial charge is 0.303 e. The minimum atomic E-state index is -2.02. The van der Waals surface area contributed by atoms with Crippen LogP contribution in [0.15, 0.2) is 29.8 Å². The minimum Gasteiger partial charge on any atom is -0.508 e. The van der Waals surface area contributed by atoms with Crippen LogP contribution in [-0.2, 0) is 24.0 Å². The first-order chi connectivity index (χ1) is 18.4. The van der Waals surface area contributed by atoms with E-state index in [9.17, 15) is 29.1 Å². The normalized spacial score (nSPS) is 33.6. The van der Waals surface area contributed by atoms with Crippen molar-refractivity contribution < 1.29 is 38.9 Å². The molecule has 10 nitrogen and oxygen atoms in total. The number of hydrogen-bond donors (Lipinski definition) is 2. The Bertz CT molecular complexity index is 1340. The van der Waals surface area contributed by atoms with Crippen molar-refractivity contribution in [3.8, 4) is 11.5 Å². The zero-order chi connectivity index (χ0) is 28.4. The molecular formula is C26H25BrCl2N2O8. The Morgan fingerprint density at radius 3 is 2.46 bits per heavy atom. The van der Waals surface area contributed by atoms with Crippen LogP contribution in [0, 0.1) is 17.8 Å². The number of carbonyl (C=O) groups is 5. The number of ether oxygens (including phenoxy) is 1. The standard InChI is InChI=1S/C26H25BrCl2N2O8/c1-39-12-4-5-14(17(32)9-12)20-13-6-7-15-19(22(36)30(21(15)35)8-2-3-18(33)34)16(13)10-25(28)23(37)31(11-27)24(38)26(20,25)29/h4-6,9,15-16,19-20,32H,2-3,7-8,10-11H2,1H3,(H,33,34). The fourth-order valence-electron chi connectivity index (χ4n) is 6.67. The van der Waals surface area contributed by atoms with E-state index in [1.54, 1.807) is 18.2 Å². The van der Waals surface area contributed by atoms with E-state index < -0.39 is 63.0 Å². The van der Waals surface area contributed by atoms with E-state index in [1.807, 2.05) is 0 Å². The van der Waals surface area contributed by atoms with E-state index >= 15 is 0 Å². The van der Waals surface area contributed by atoms with Gasteiger partial charge in [-0.15, -0.1) is 23.2 Å². The summed E-state index contributed by atoms with van der Waals surface area (Å²) in [4.78, 5) is 63.2. The molecule has 1 saturated carbocycles. The number of carboxylic acid groups (broad SMARTS) is 1. The van der Waals surface area contributed by atoms with Gasteiger partial charge < -0.3 is 14.9 Å². The fraction of sp³-hybridized carbons (Fsp3) is 0.500. The Morgan fingerprint density at radius 1 is 1.13 bits per heavy atom. The van der Waals surface area contributed by atoms with Gasteiger partial charge in [-0.2, -0.15) is 0 Å². The van der Waals surface area contributed by atoms with E-state index in [2.05, 4.69) is 15.9 Å². The summed E-state index contributed by atoms with van der Waals surface area (Å²) >= 11 is 17.4. The fourth-order valence-corrected chi connectivity index (χ4v) is 8.08. The van der Waals surface area contributed by atoms with Crippen molar-refractivity contribution in [2.24, 2.45) is 17.8 Å². The van der Waals surface area contributed by atoms with E-state index in [1.165, 1.54) is 13.2 Å². The number of methoxy groups -OCH3 is 1. The molecule has 0 radical (unpaired) electrons. The third-order valence-corrected chi connectivity index (χ3v) is 10.3. The highest BCUT2D eigenvalue weighted by molar-refractivity contribution is 9.09. The zero-order valence-electron chi connectivity index (χ0n) is 20.7. The third kappa shape index (κ3) is 3.83. The predicted octanol–water partition coefficient (Wildman–Crippen LogP) is 2.98. The summed E-state index contributed by atoms with van der Waals surface area (Å²) in [6.07, 6.45) is 1.68. The number of imide groups is 2. The number of carboxylic acids is 1. The van der Waals surface area contributed by atoms with Gasteiger partial charge in [-0.25, -0.2) is 0 Å². The Hall–Kier alpha value is -2.63. The van der Waals surface area contributed by atoms with Gasteiger partial charge in [0.2, 0.25) is 11.8 Å². The first kappa shape index (κ1) is 27.9. The Kier molecular flexibility index (Phi) is 7.00. The second-order valence-electron chi connectivity index (χ2n) is 10.2. The molecule has 4 aliphatic rings. The first-order valence-corrected chi connectivity index (χ1v) is 14.2. The van der Waals surface area contributed by atoms with Crippen LogP contribution in [0.5, 0.6) is 11.5 Å². The van der Waals surface area contributed by atoms with Gasteiger partial charge in [-0.1, -0.05) is 33.6 Å². The number of benzene rings is 1. The molecule has 4 amide bonds. The molecule has 1 aromatic rings. The molecule has 2 heterocycles. The van der Waals surface area contributed by atoms with Crippen LogP contribution in [0.4, 0.5) is 0 Å². The summed E-state index contributed by atoms with van der Waals surface area (Å²) in [5.41, 5.74) is 0.631. The van der Waals surface area contributed by atoms with E-state index in [4.69, 9.17) is 33.0 Å². The monoisotopic (exact) mass is 642 g/mol. The maximum atomic E-state index is 13.7. The second kappa shape index (κ2) is 9.78. The lowest BCUT2D eigenvalue weighted by molar-refractivity contribution is -0.142. The van der Waals surface area contributed by atoms with Gasteiger partial charge in [0.1, 0.15) is 11.5 Å². The van der Waals surface area contributed by atoms with E-state index in [0.717, 1.165) is 9.80 Å². The van der Waals surface area contributed by atoms with Crippen LogP contribution >= 0.6 is 39.1 Å². The van der Waals surface area contributed by atoms with Gasteiger partial charge in [0.25, 0.3) is 11.8 Å². The van der Waals surface area contributed by atoms with Crippen molar-refractivity contribution in [3.63, 3.8) is 0 Å². The van der Waals surface area contributed by atoms with Crippen molar-refractivity contribution in [2.75, 3.05) is 19.1 Å². The summed E-state index contributed by atoms with van der Waals surface area (Å²) in [6.45, 7) is -0.0397. The van der Waals surface area contributed by atoms with Crippen molar-refractivity contribution in [1.82, 2.24) is 9.80 Å². The topological polar surface area (TPSA) is 142 Å². The van der Waals surface area contributed by atoms with Crippen molar-refractivity contribution >= 4 is 68.7 Å². The number of likely N-dealkylation sites (tertiary alicyclic amines) is 2. The molecule has 0 spiro atoms. The summed E-state index contributed by atoms with van der Waals surface area (Å²) in [5, 5.41) is 20.0. The maximum absolute atomic E-state index is 13.7. The lowest BCUT2D eigenvalue weighted by atomic mass is 9.56. The number of hydrogen-bond acceptors (Lipinski definition) is 7. The molecule has 2 saturated heterocycles. The largest absolute Gasteiger partial charge is 0.508 e. The van der Waals surface area contributed by atoms with Crippen LogP contribution in [0.25, 0.3) is 0 Å². The summed E-state index contributed by atoms with van der Waals surface area (Å²) in [6, 6.07) is 4.49. The van der Waals surface area contributed by atoms with Crippen molar-refractivity contribution in [3.05, 3.63) is 35.4 Å². The predicted molar refractivity (Wildman–Crippen MR) is 142 cm³/mol. The molecular weight excluding hydrogens is 619 g/mol. The lowest BCUT2D eigenvalue weighted by Crippen LogP contribution is -2.60. The summed E-state index contributed by atoms with van der Waals surface area (Å²) in [7, 11) is 1.43. The maximum Gasteiger partial charge on any atom is 0.303 e. The lowest BCUT2D eigenvalue weighted by Gasteiger charge is -2.50. The van der Waals surface area contributed by atoms with Crippen LogP contribution in [0.3, 0.4) is 0 Å². The summed E-state index contributed by atoms with van der Waals surface area (Å²) in [5.74, 6) is -6.66. The molecule has 0 bridgehead atoms. The van der Waals surface area contributed by atoms with Crippen molar-refractivity contribution in [2.45, 2.75) is 41.3 Å². The Labute approximate surface area is 242 Å². The molecule has 5 rings (SSSR count). The number of aromatic hydroxyl groups is 1. The second-order valence-corrected chi connectivity index (χ2v) is 12.0. The molecule has 0 aromatic heterocycles. The van der Waals surface area contributed by atoms with Crippen LogP contribution in [0.1, 0.15) is 37.2 Å². The van der Waals surface area contributed by atoms with Gasteiger partial charge in [0, 0.05) is 30.5 Å². The van der Waals surface area contributed by atoms with Gasteiger partial charge in [-0.05, 0) is 31.2 Å². The number of carbonyl (C=O) groups excluding carboxylic acids is 4. The first-order valence-electron chi connectivity index (χ1n) is 12.4. The molecule has 6 unspecified atom stereocenters. The number of rotatable bonds is 7. The number of alkyl halides is 3. The molecule has 6 atom stereocenters. The zero-order valence-corrected chi connectivity index (χ0v) is 23.8. The SMILES string of the molecule is COc1ccc(C2C3=CCC4C(=O)N(CCCC(=O)O)C(=O)C4C3CC3(Cl)C(=O)N(CBr)C(=O)C23Cl)c(O)c1. The summed E-state index contributed by atoms with van der Waals surface area (Å²) < 4.78 is 5.20. The van der Waals surface area contributed by atoms with Gasteiger partial charge >= 0.3 is 5.97 Å². The highest BCUT2D eigenvalue weighted by Gasteiger charge is 2.76. The highest BCUT2D eigenvalue weighted by atomic mass is 79.9. The molecule has 39 heavy (non-hydrogen) atoms. The van der Waals surface area contributed by atoms with Gasteiger partial charge in [0.15, 0.2) is 9.75 Å². The molecule has 2 aliphatic carbocycles. The molecule has 2 aliphatic heterocycles. The number of phenolic OH excluding ortho intramolecular Hbond substituents is 1. The number of halogens is 3. The number of allylic oxidation sites excluding steroid dienone is 2. The average molecular weight is 644 g/mol. The number of nitrogens with zero attached hydrogens (tertiary/aromatic N) is 2. The van der Waals surface area contributed by atoms with Gasteiger partial charge in [0.05, 0.1) is 24.4 Å². The number of phenols is 1. The number of amides is 4. The molecule has 208 valence electrons. The number of aliphatic carboxylic acids is 1. The van der Waals surface area contributed by atoms with Crippen LogP contribution in [-0.4, -0.2) is 78.5 Å². The quantitative estimate of drug-likeness (QED) is 0.200. The minimum absolute atomic E-state index is 0.0397. The third-order valence-electron chi connectivity index (χ3n) is 8.43. The molecule has 3 fully saturated rings. The molecule has 13 heteroatoms. The van der Waals surface area contributed by atoms with Crippen molar-refractivity contribution in [1.29, 1.82) is 0 Å². The van der Waals surface area contributed by atoms with Gasteiger partial charge in [-0.3, -0.25) is 33.8 Å². The van der Waals surface area contributed by atoms with E-state index in [-0.39, 0.29) is 49.0 Å². The van der Waals surface area contributed by atoms with E-state index in [0.29, 0.717) is 11.3 Å². The molecule has 1 aromatic carbocycles. The Morgan fingerprint density at radius 2 is 1.85 bits per heavy atom.